The SMILES string of the molecule is CNC(=O)[C@H](CC(C)C)N[C@H]1CC[C@@H]2CN(c3ccc(SC(F)(F)F)cc3)C[C@@H]21. The number of hydrogen-bond acceptors (Lipinski definition) is 4. The van der Waals surface area contributed by atoms with Crippen LogP contribution in [-0.2, 0) is 4.79 Å². The maximum atomic E-state index is 12.5. The van der Waals surface area contributed by atoms with E-state index in [2.05, 4.69) is 29.4 Å². The second-order valence-corrected chi connectivity index (χ2v) is 9.66. The highest BCUT2D eigenvalue weighted by molar-refractivity contribution is 8.00. The van der Waals surface area contributed by atoms with Crippen molar-refractivity contribution in [2.45, 2.75) is 55.6 Å². The van der Waals surface area contributed by atoms with Gasteiger partial charge in [0, 0.05) is 36.8 Å². The Morgan fingerprint density at radius 1 is 1.21 bits per heavy atom. The average molecular weight is 430 g/mol. The predicted octanol–water partition coefficient (Wildman–Crippen LogP) is 4.26. The standard InChI is InChI=1S/C21H30F3N3OS/c1-13(2)10-19(20(28)25-3)26-18-9-4-14-11-27(12-17(14)18)15-5-7-16(8-6-15)29-21(22,23)24/h5-8,13-14,17-19,26H,4,9-12H2,1-3H3,(H,25,28)/t14-,17+,18+,19+/m1/s1. The average Bonchev–Trinajstić information content (AvgIpc) is 3.21. The number of likely N-dealkylation sites (N-methyl/N-ethyl adjacent to an activating group) is 1. The number of benzene rings is 1. The number of rotatable bonds is 7. The zero-order chi connectivity index (χ0) is 21.2. The van der Waals surface area contributed by atoms with Crippen LogP contribution in [0.2, 0.25) is 0 Å². The number of anilines is 1. The van der Waals surface area contributed by atoms with Crippen molar-refractivity contribution >= 4 is 23.4 Å². The summed E-state index contributed by atoms with van der Waals surface area (Å²) in [5, 5.41) is 6.38. The number of carbonyl (C=O) groups is 1. The summed E-state index contributed by atoms with van der Waals surface area (Å²) in [6.45, 7) is 6.03. The highest BCUT2D eigenvalue weighted by atomic mass is 32.2. The van der Waals surface area contributed by atoms with Crippen LogP contribution in [0, 0.1) is 17.8 Å². The molecule has 2 aliphatic rings. The molecule has 1 aromatic carbocycles. The van der Waals surface area contributed by atoms with Crippen LogP contribution in [0.4, 0.5) is 18.9 Å². The predicted molar refractivity (Wildman–Crippen MR) is 111 cm³/mol. The molecule has 1 heterocycles. The molecule has 4 atom stereocenters. The van der Waals surface area contributed by atoms with Crippen molar-refractivity contribution in [3.8, 4) is 0 Å². The first-order valence-electron chi connectivity index (χ1n) is 10.2. The fourth-order valence-corrected chi connectivity index (χ4v) is 5.24. The van der Waals surface area contributed by atoms with Crippen LogP contribution in [-0.4, -0.2) is 43.6 Å². The van der Waals surface area contributed by atoms with Gasteiger partial charge >= 0.3 is 5.51 Å². The molecule has 162 valence electrons. The number of thioether (sulfide) groups is 1. The minimum Gasteiger partial charge on any atom is -0.371 e. The largest absolute Gasteiger partial charge is 0.446 e. The molecule has 0 spiro atoms. The first-order valence-corrected chi connectivity index (χ1v) is 11.1. The minimum atomic E-state index is -4.26. The Hall–Kier alpha value is -1.41. The Labute approximate surface area is 175 Å². The Balaban J connectivity index is 1.62. The van der Waals surface area contributed by atoms with Gasteiger partial charge in [0.25, 0.3) is 0 Å². The Morgan fingerprint density at radius 3 is 2.48 bits per heavy atom. The van der Waals surface area contributed by atoms with Crippen molar-refractivity contribution < 1.29 is 18.0 Å². The maximum absolute atomic E-state index is 12.5. The summed E-state index contributed by atoms with van der Waals surface area (Å²) in [5.41, 5.74) is -3.29. The van der Waals surface area contributed by atoms with Crippen LogP contribution in [0.25, 0.3) is 0 Å². The summed E-state index contributed by atoms with van der Waals surface area (Å²) in [7, 11) is 1.67. The molecule has 3 rings (SSSR count). The molecule has 1 aliphatic heterocycles. The number of halogens is 3. The van der Waals surface area contributed by atoms with E-state index in [1.54, 1.807) is 31.3 Å². The van der Waals surface area contributed by atoms with Crippen molar-refractivity contribution in [3.63, 3.8) is 0 Å². The van der Waals surface area contributed by atoms with Gasteiger partial charge in [-0.05, 0) is 73.0 Å². The summed E-state index contributed by atoms with van der Waals surface area (Å²) in [6.07, 6.45) is 2.98. The van der Waals surface area contributed by atoms with E-state index in [0.29, 0.717) is 23.8 Å². The molecule has 0 aromatic heterocycles. The van der Waals surface area contributed by atoms with E-state index in [1.165, 1.54) is 0 Å². The molecule has 1 saturated heterocycles. The second kappa shape index (κ2) is 9.16. The van der Waals surface area contributed by atoms with Gasteiger partial charge in [-0.3, -0.25) is 4.79 Å². The molecule has 1 aliphatic carbocycles. The van der Waals surface area contributed by atoms with Crippen molar-refractivity contribution in [1.82, 2.24) is 10.6 Å². The molecular weight excluding hydrogens is 399 g/mol. The molecule has 0 radical (unpaired) electrons. The van der Waals surface area contributed by atoms with E-state index in [-0.39, 0.29) is 28.6 Å². The lowest BCUT2D eigenvalue weighted by molar-refractivity contribution is -0.123. The topological polar surface area (TPSA) is 44.4 Å². The normalized spacial score (nSPS) is 25.3. The first-order chi connectivity index (χ1) is 13.7. The lowest BCUT2D eigenvalue weighted by atomic mass is 9.95. The molecule has 1 amide bonds. The van der Waals surface area contributed by atoms with Crippen LogP contribution < -0.4 is 15.5 Å². The fourth-order valence-electron chi connectivity index (χ4n) is 4.70. The molecule has 1 aromatic rings. The van der Waals surface area contributed by atoms with E-state index >= 15 is 0 Å². The smallest absolute Gasteiger partial charge is 0.371 e. The van der Waals surface area contributed by atoms with Crippen molar-refractivity contribution in [3.05, 3.63) is 24.3 Å². The Bertz CT molecular complexity index is 695. The molecule has 29 heavy (non-hydrogen) atoms. The van der Waals surface area contributed by atoms with Crippen LogP contribution in [0.1, 0.15) is 33.1 Å². The molecule has 2 fully saturated rings. The van der Waals surface area contributed by atoms with Gasteiger partial charge < -0.3 is 15.5 Å². The molecule has 1 saturated carbocycles. The summed E-state index contributed by atoms with van der Waals surface area (Å²) in [4.78, 5) is 14.8. The number of hydrogen-bond donors (Lipinski definition) is 2. The van der Waals surface area contributed by atoms with E-state index in [0.717, 1.165) is 38.0 Å². The van der Waals surface area contributed by atoms with Gasteiger partial charge in [-0.1, -0.05) is 13.8 Å². The van der Waals surface area contributed by atoms with Gasteiger partial charge in [0.05, 0.1) is 6.04 Å². The quantitative estimate of drug-likeness (QED) is 0.636. The lowest BCUT2D eigenvalue weighted by Gasteiger charge is -2.28. The number of fused-ring (bicyclic) bond motifs is 1. The molecule has 8 heteroatoms. The molecule has 2 N–H and O–H groups in total. The van der Waals surface area contributed by atoms with Crippen LogP contribution in [0.15, 0.2) is 29.2 Å². The molecular formula is C21H30F3N3OS. The fraction of sp³-hybridized carbons (Fsp3) is 0.667. The zero-order valence-electron chi connectivity index (χ0n) is 17.1. The lowest BCUT2D eigenvalue weighted by Crippen LogP contribution is -2.50. The summed E-state index contributed by atoms with van der Waals surface area (Å²) < 4.78 is 37.6. The van der Waals surface area contributed by atoms with E-state index in [1.807, 2.05) is 0 Å². The number of nitrogens with one attached hydrogen (secondary N) is 2. The highest BCUT2D eigenvalue weighted by Crippen LogP contribution is 2.41. The molecule has 0 bridgehead atoms. The van der Waals surface area contributed by atoms with Gasteiger partial charge in [-0.2, -0.15) is 13.2 Å². The van der Waals surface area contributed by atoms with Crippen LogP contribution in [0.5, 0.6) is 0 Å². The Kier molecular flexibility index (Phi) is 7.04. The summed E-state index contributed by atoms with van der Waals surface area (Å²) >= 11 is -0.0809. The number of amides is 1. The van der Waals surface area contributed by atoms with Crippen molar-refractivity contribution in [2.75, 3.05) is 25.0 Å². The zero-order valence-corrected chi connectivity index (χ0v) is 17.9. The highest BCUT2D eigenvalue weighted by Gasteiger charge is 2.43. The second-order valence-electron chi connectivity index (χ2n) is 8.52. The van der Waals surface area contributed by atoms with E-state index in [4.69, 9.17) is 0 Å². The minimum absolute atomic E-state index is 0.0368. The van der Waals surface area contributed by atoms with Gasteiger partial charge in [-0.15, -0.1) is 0 Å². The van der Waals surface area contributed by atoms with E-state index < -0.39 is 5.51 Å². The number of nitrogens with zero attached hydrogens (tertiary/aromatic N) is 1. The third-order valence-corrected chi connectivity index (χ3v) is 6.72. The number of carbonyl (C=O) groups excluding carboxylic acids is 1. The summed E-state index contributed by atoms with van der Waals surface area (Å²) in [6, 6.07) is 6.76. The van der Waals surface area contributed by atoms with E-state index in [9.17, 15) is 18.0 Å². The van der Waals surface area contributed by atoms with Crippen molar-refractivity contribution in [2.24, 2.45) is 17.8 Å². The van der Waals surface area contributed by atoms with Crippen molar-refractivity contribution in [1.29, 1.82) is 0 Å². The third kappa shape index (κ3) is 5.81. The molecule has 4 nitrogen and oxygen atoms in total. The van der Waals surface area contributed by atoms with Crippen LogP contribution >= 0.6 is 11.8 Å². The van der Waals surface area contributed by atoms with Gasteiger partial charge in [0.2, 0.25) is 5.91 Å². The van der Waals surface area contributed by atoms with Gasteiger partial charge in [0.1, 0.15) is 0 Å². The monoisotopic (exact) mass is 429 g/mol. The summed E-state index contributed by atoms with van der Waals surface area (Å²) in [5.74, 6) is 1.48. The maximum Gasteiger partial charge on any atom is 0.446 e. The van der Waals surface area contributed by atoms with Gasteiger partial charge in [-0.25, -0.2) is 0 Å². The van der Waals surface area contributed by atoms with Crippen LogP contribution in [0.3, 0.4) is 0 Å². The Morgan fingerprint density at radius 2 is 1.90 bits per heavy atom. The van der Waals surface area contributed by atoms with Gasteiger partial charge in [0.15, 0.2) is 0 Å². The number of alkyl halides is 3. The first kappa shape index (κ1) is 22.3. The molecule has 0 unspecified atom stereocenters. The third-order valence-electron chi connectivity index (χ3n) is 5.98.